The third-order valence-electron chi connectivity index (χ3n) is 5.27. The van der Waals surface area contributed by atoms with Crippen molar-refractivity contribution < 1.29 is 28.1 Å². The predicted octanol–water partition coefficient (Wildman–Crippen LogP) is 4.43. The van der Waals surface area contributed by atoms with Crippen LogP contribution in [0.5, 0.6) is 5.75 Å². The maximum Gasteiger partial charge on any atom is 0.248 e. The molecule has 2 N–H and O–H groups in total. The van der Waals surface area contributed by atoms with Crippen LogP contribution >= 0.6 is 22.6 Å². The van der Waals surface area contributed by atoms with E-state index in [4.69, 9.17) is 18.9 Å². The molecule has 0 saturated carbocycles. The highest BCUT2D eigenvalue weighted by molar-refractivity contribution is 14.1. The van der Waals surface area contributed by atoms with E-state index in [9.17, 15) is 9.18 Å². The van der Waals surface area contributed by atoms with Gasteiger partial charge in [0, 0.05) is 33.3 Å². The zero-order valence-electron chi connectivity index (χ0n) is 22.7. The van der Waals surface area contributed by atoms with Crippen LogP contribution in [0.15, 0.2) is 54.9 Å². The first kappa shape index (κ1) is 31.6. The number of alkyl halides is 1. The van der Waals surface area contributed by atoms with E-state index in [1.54, 1.807) is 18.2 Å². The van der Waals surface area contributed by atoms with Crippen molar-refractivity contribution in [1.29, 1.82) is 0 Å². The monoisotopic (exact) mass is 667 g/mol. The summed E-state index contributed by atoms with van der Waals surface area (Å²) in [5, 5.41) is 6.98. The average molecular weight is 668 g/mol. The molecule has 0 radical (unpaired) electrons. The van der Waals surface area contributed by atoms with Gasteiger partial charge in [-0.25, -0.2) is 14.4 Å². The summed E-state index contributed by atoms with van der Waals surface area (Å²) < 4.78 is 35.0. The molecular formula is C28H35FIN5O5. The second-order valence-electron chi connectivity index (χ2n) is 8.75. The molecule has 0 spiro atoms. The minimum atomic E-state index is -0.503. The molecule has 12 heteroatoms. The first-order chi connectivity index (χ1) is 19.5. The number of carbonyl (C=O) groups is 1. The van der Waals surface area contributed by atoms with Gasteiger partial charge < -0.3 is 34.5 Å². The van der Waals surface area contributed by atoms with Gasteiger partial charge in [0.2, 0.25) is 5.91 Å². The van der Waals surface area contributed by atoms with Crippen molar-refractivity contribution in [1.82, 2.24) is 14.9 Å². The predicted molar refractivity (Wildman–Crippen MR) is 162 cm³/mol. The summed E-state index contributed by atoms with van der Waals surface area (Å²) in [7, 11) is 3.86. The second kappa shape index (κ2) is 17.7. The molecular weight excluding hydrogens is 632 g/mol. The van der Waals surface area contributed by atoms with Gasteiger partial charge in [0.25, 0.3) is 0 Å². The fourth-order valence-electron chi connectivity index (χ4n) is 3.46. The normalized spacial score (nSPS) is 11.4. The SMILES string of the molecule is CN(C)CC=CC(=O)Nc1cc2c(Nc3cccc(I)c3)ncnc2cc1OCCOCCOCCOCCF. The zero-order chi connectivity index (χ0) is 28.6. The molecule has 1 aromatic heterocycles. The lowest BCUT2D eigenvalue weighted by Gasteiger charge is -2.15. The third kappa shape index (κ3) is 11.3. The van der Waals surface area contributed by atoms with Gasteiger partial charge in [-0.1, -0.05) is 12.1 Å². The molecule has 1 heterocycles. The van der Waals surface area contributed by atoms with Crippen molar-refractivity contribution in [3.05, 3.63) is 58.4 Å². The Bertz CT molecular complexity index is 1250. The van der Waals surface area contributed by atoms with Gasteiger partial charge in [-0.05, 0) is 61.0 Å². The van der Waals surface area contributed by atoms with Crippen LogP contribution in [-0.4, -0.2) is 94.3 Å². The summed E-state index contributed by atoms with van der Waals surface area (Å²) in [5.41, 5.74) is 2.03. The number of nitrogens with one attached hydrogen (secondary N) is 2. The summed E-state index contributed by atoms with van der Waals surface area (Å²) in [6.07, 6.45) is 4.76. The van der Waals surface area contributed by atoms with Gasteiger partial charge in [-0.3, -0.25) is 4.79 Å². The Morgan fingerprint density at radius 1 is 1.00 bits per heavy atom. The molecule has 1 amide bonds. The molecule has 0 bridgehead atoms. The number of anilines is 3. The molecule has 0 saturated heterocycles. The molecule has 2 aromatic carbocycles. The van der Waals surface area contributed by atoms with Crippen LogP contribution in [-0.2, 0) is 19.0 Å². The Balaban J connectivity index is 1.67. The standard InChI is InChI=1S/C28H35FIN5O5/c1-35(2)9-4-7-27(36)34-25-18-23-24(31-20-32-28(23)33-22-6-3-5-21(30)17-22)19-26(25)40-16-15-39-14-13-38-12-11-37-10-8-29/h3-7,17-20H,8-16H2,1-2H3,(H,34,36)(H,31,32,33). The number of hydrogen-bond acceptors (Lipinski definition) is 9. The Morgan fingerprint density at radius 2 is 1.73 bits per heavy atom. The molecule has 0 unspecified atom stereocenters. The maximum atomic E-state index is 12.7. The molecule has 3 rings (SSSR count). The van der Waals surface area contributed by atoms with Gasteiger partial charge in [0.15, 0.2) is 0 Å². The quantitative estimate of drug-likeness (QED) is 0.116. The number of rotatable bonds is 18. The van der Waals surface area contributed by atoms with Gasteiger partial charge in [0.05, 0.1) is 50.8 Å². The topological polar surface area (TPSA) is 107 Å². The number of amides is 1. The van der Waals surface area contributed by atoms with Crippen molar-refractivity contribution in [2.45, 2.75) is 0 Å². The van der Waals surface area contributed by atoms with Crippen molar-refractivity contribution in [3.63, 3.8) is 0 Å². The van der Waals surface area contributed by atoms with Crippen molar-refractivity contribution in [2.75, 3.05) is 84.2 Å². The number of benzene rings is 2. The van der Waals surface area contributed by atoms with Crippen molar-refractivity contribution in [3.8, 4) is 5.75 Å². The van der Waals surface area contributed by atoms with Crippen LogP contribution in [0.1, 0.15) is 0 Å². The number of nitrogens with zero attached hydrogens (tertiary/aromatic N) is 3. The minimum absolute atomic E-state index is 0.0804. The molecule has 0 aliphatic carbocycles. The highest BCUT2D eigenvalue weighted by Crippen LogP contribution is 2.33. The summed E-state index contributed by atoms with van der Waals surface area (Å²) >= 11 is 2.25. The van der Waals surface area contributed by atoms with Gasteiger partial charge in [0.1, 0.15) is 31.2 Å². The lowest BCUT2D eigenvalue weighted by molar-refractivity contribution is -0.111. The summed E-state index contributed by atoms with van der Waals surface area (Å²) in [6, 6.07) is 11.5. The molecule has 3 aromatic rings. The molecule has 0 aliphatic heterocycles. The fraction of sp³-hybridized carbons (Fsp3) is 0.393. The maximum absolute atomic E-state index is 12.7. The van der Waals surface area contributed by atoms with E-state index in [1.807, 2.05) is 43.3 Å². The Labute approximate surface area is 247 Å². The van der Waals surface area contributed by atoms with Crippen LogP contribution in [0.2, 0.25) is 0 Å². The minimum Gasteiger partial charge on any atom is -0.489 e. The van der Waals surface area contributed by atoms with E-state index in [2.05, 4.69) is 43.2 Å². The lowest BCUT2D eigenvalue weighted by atomic mass is 10.1. The number of ether oxygens (including phenoxy) is 4. The number of halogens is 2. The number of aromatic nitrogens is 2. The van der Waals surface area contributed by atoms with Crippen molar-refractivity contribution >= 4 is 56.6 Å². The van der Waals surface area contributed by atoms with E-state index in [1.165, 1.54) is 12.4 Å². The molecule has 0 fully saturated rings. The number of carbonyl (C=O) groups excluding carboxylic acids is 1. The van der Waals surface area contributed by atoms with Gasteiger partial charge in [-0.15, -0.1) is 0 Å². The highest BCUT2D eigenvalue weighted by Gasteiger charge is 2.13. The van der Waals surface area contributed by atoms with Crippen LogP contribution in [0.4, 0.5) is 21.6 Å². The largest absolute Gasteiger partial charge is 0.489 e. The third-order valence-corrected chi connectivity index (χ3v) is 5.94. The highest BCUT2D eigenvalue weighted by atomic mass is 127. The van der Waals surface area contributed by atoms with E-state index in [-0.39, 0.29) is 19.1 Å². The summed E-state index contributed by atoms with van der Waals surface area (Å²) in [6.45, 7) is 2.28. The average Bonchev–Trinajstić information content (AvgIpc) is 2.92. The van der Waals surface area contributed by atoms with Crippen LogP contribution in [0.3, 0.4) is 0 Å². The van der Waals surface area contributed by atoms with E-state index >= 15 is 0 Å². The smallest absolute Gasteiger partial charge is 0.248 e. The zero-order valence-corrected chi connectivity index (χ0v) is 24.9. The second-order valence-corrected chi connectivity index (χ2v) is 10.00. The van der Waals surface area contributed by atoms with Crippen LogP contribution in [0, 0.1) is 3.57 Å². The first-order valence-electron chi connectivity index (χ1n) is 12.8. The molecule has 40 heavy (non-hydrogen) atoms. The lowest BCUT2D eigenvalue weighted by Crippen LogP contribution is -2.15. The van der Waals surface area contributed by atoms with Crippen LogP contribution in [0.25, 0.3) is 10.9 Å². The van der Waals surface area contributed by atoms with E-state index in [0.717, 1.165) is 14.6 Å². The number of fused-ring (bicyclic) bond motifs is 1. The van der Waals surface area contributed by atoms with Gasteiger partial charge >= 0.3 is 0 Å². The molecule has 10 nitrogen and oxygen atoms in total. The Kier molecular flexibility index (Phi) is 14.0. The number of likely N-dealkylation sites (N-methyl/N-ethyl adjacent to an activating group) is 1. The molecule has 216 valence electrons. The Hall–Kier alpha value is -2.91. The summed E-state index contributed by atoms with van der Waals surface area (Å²) in [5.74, 6) is 0.792. The molecule has 0 aliphatic rings. The summed E-state index contributed by atoms with van der Waals surface area (Å²) in [4.78, 5) is 23.5. The first-order valence-corrected chi connectivity index (χ1v) is 13.9. The molecule has 0 atom stereocenters. The number of hydrogen-bond donors (Lipinski definition) is 2. The van der Waals surface area contributed by atoms with Crippen molar-refractivity contribution in [2.24, 2.45) is 0 Å². The van der Waals surface area contributed by atoms with E-state index < -0.39 is 6.67 Å². The van der Waals surface area contributed by atoms with Crippen LogP contribution < -0.4 is 15.4 Å². The fourth-order valence-corrected chi connectivity index (χ4v) is 4.00. The van der Waals surface area contributed by atoms with E-state index in [0.29, 0.717) is 62.4 Å². The Morgan fingerprint density at radius 3 is 2.42 bits per heavy atom. The van der Waals surface area contributed by atoms with Gasteiger partial charge in [-0.2, -0.15) is 0 Å².